The molecule has 0 aliphatic heterocycles. The number of hydrogen-bond acceptors (Lipinski definition) is 0. The van der Waals surface area contributed by atoms with E-state index in [-0.39, 0.29) is 5.92 Å². The number of allylic oxidation sites excluding steroid dienone is 1. The van der Waals surface area contributed by atoms with Gasteiger partial charge in [0.05, 0.1) is 0 Å². The molecule has 1 aliphatic carbocycles. The fourth-order valence-corrected chi connectivity index (χ4v) is 3.49. The van der Waals surface area contributed by atoms with Crippen molar-refractivity contribution in [3.63, 3.8) is 0 Å². The Labute approximate surface area is 130 Å². The highest BCUT2D eigenvalue weighted by Gasteiger charge is 2.25. The molecular formula is C20H20F2. The minimum Gasteiger partial charge on any atom is -0.174 e. The number of halogens is 2. The molecule has 0 aromatic heterocycles. The van der Waals surface area contributed by atoms with Gasteiger partial charge in [0.1, 0.15) is 0 Å². The fraction of sp³-hybridized carbons (Fsp3) is 0.300. The summed E-state index contributed by atoms with van der Waals surface area (Å²) in [6.07, 6.45) is 4.00. The minimum absolute atomic E-state index is 0.155. The van der Waals surface area contributed by atoms with E-state index in [0.29, 0.717) is 5.92 Å². The van der Waals surface area contributed by atoms with Gasteiger partial charge in [-0.15, -0.1) is 0 Å². The van der Waals surface area contributed by atoms with Crippen molar-refractivity contribution in [2.24, 2.45) is 5.92 Å². The predicted molar refractivity (Wildman–Crippen MR) is 86.9 cm³/mol. The Morgan fingerprint density at radius 3 is 2.05 bits per heavy atom. The van der Waals surface area contributed by atoms with E-state index >= 15 is 0 Å². The summed E-state index contributed by atoms with van der Waals surface area (Å²) in [7, 11) is 0. The van der Waals surface area contributed by atoms with Gasteiger partial charge in [0.2, 0.25) is 0 Å². The monoisotopic (exact) mass is 298 g/mol. The summed E-state index contributed by atoms with van der Waals surface area (Å²) in [5.41, 5.74) is 3.28. The van der Waals surface area contributed by atoms with Crippen molar-refractivity contribution in [3.05, 3.63) is 72.3 Å². The van der Waals surface area contributed by atoms with Crippen molar-refractivity contribution >= 4 is 0 Å². The molecule has 0 N–H and O–H groups in total. The van der Waals surface area contributed by atoms with Crippen LogP contribution in [0, 0.1) is 5.92 Å². The van der Waals surface area contributed by atoms with Gasteiger partial charge in [-0.3, -0.25) is 0 Å². The van der Waals surface area contributed by atoms with Gasteiger partial charge >= 0.3 is 0 Å². The van der Waals surface area contributed by atoms with Crippen molar-refractivity contribution in [1.29, 1.82) is 0 Å². The van der Waals surface area contributed by atoms with Crippen LogP contribution in [-0.4, -0.2) is 0 Å². The van der Waals surface area contributed by atoms with Crippen molar-refractivity contribution < 1.29 is 8.78 Å². The summed E-state index contributed by atoms with van der Waals surface area (Å²) in [5.74, 6) is 0.196. The zero-order valence-electron chi connectivity index (χ0n) is 12.5. The topological polar surface area (TPSA) is 0 Å². The average Bonchev–Trinajstić information content (AvgIpc) is 3.08. The third kappa shape index (κ3) is 3.44. The van der Waals surface area contributed by atoms with Gasteiger partial charge in [-0.2, -0.15) is 8.78 Å². The molecular weight excluding hydrogens is 278 g/mol. The maximum Gasteiger partial charge on any atom is 0.266 e. The lowest BCUT2D eigenvalue weighted by atomic mass is 9.84. The van der Waals surface area contributed by atoms with Crippen molar-refractivity contribution in [2.75, 3.05) is 0 Å². The van der Waals surface area contributed by atoms with Gasteiger partial charge in [0.15, 0.2) is 0 Å². The Morgan fingerprint density at radius 1 is 0.864 bits per heavy atom. The summed E-state index contributed by atoms with van der Waals surface area (Å²) < 4.78 is 25.7. The molecule has 0 saturated heterocycles. The molecule has 2 heteroatoms. The Hall–Kier alpha value is -1.96. The van der Waals surface area contributed by atoms with E-state index in [1.54, 1.807) is 0 Å². The van der Waals surface area contributed by atoms with Gasteiger partial charge in [-0.25, -0.2) is 0 Å². The molecule has 0 bridgehead atoms. The normalized spacial score (nSPS) is 16.5. The van der Waals surface area contributed by atoms with Crippen LogP contribution in [0.2, 0.25) is 0 Å². The molecule has 1 aliphatic rings. The second-order valence-corrected chi connectivity index (χ2v) is 6.01. The standard InChI is InChI=1S/C20H20F2/c21-20(22)14-19(17-8-4-5-9-17)18-12-10-16(11-13-18)15-6-2-1-3-7-15/h1-3,6-7,10-14,17,19H,4-5,8-9H2/t19-/m0/s1. The molecule has 22 heavy (non-hydrogen) atoms. The third-order valence-electron chi connectivity index (χ3n) is 4.62. The summed E-state index contributed by atoms with van der Waals surface area (Å²) in [6, 6.07) is 18.2. The molecule has 114 valence electrons. The van der Waals surface area contributed by atoms with E-state index in [0.717, 1.165) is 48.4 Å². The maximum absolute atomic E-state index is 12.8. The minimum atomic E-state index is -1.57. The summed E-state index contributed by atoms with van der Waals surface area (Å²) >= 11 is 0. The van der Waals surface area contributed by atoms with Crippen LogP contribution in [0.5, 0.6) is 0 Å². The molecule has 1 saturated carbocycles. The van der Waals surface area contributed by atoms with Crippen LogP contribution < -0.4 is 0 Å². The lowest BCUT2D eigenvalue weighted by Crippen LogP contribution is -2.07. The van der Waals surface area contributed by atoms with E-state index in [1.807, 2.05) is 42.5 Å². The molecule has 0 radical (unpaired) electrons. The molecule has 1 atom stereocenters. The average molecular weight is 298 g/mol. The highest BCUT2D eigenvalue weighted by molar-refractivity contribution is 5.63. The van der Waals surface area contributed by atoms with Gasteiger partial charge in [0.25, 0.3) is 6.08 Å². The Morgan fingerprint density at radius 2 is 1.45 bits per heavy atom. The largest absolute Gasteiger partial charge is 0.266 e. The first-order valence-corrected chi connectivity index (χ1v) is 7.92. The van der Waals surface area contributed by atoms with Crippen molar-refractivity contribution in [3.8, 4) is 11.1 Å². The SMILES string of the molecule is FC(F)=C[C@H](c1ccc(-c2ccccc2)cc1)C1CCCC1. The fourth-order valence-electron chi connectivity index (χ4n) is 3.49. The first-order valence-electron chi connectivity index (χ1n) is 7.92. The quantitative estimate of drug-likeness (QED) is 0.612. The molecule has 2 aromatic rings. The van der Waals surface area contributed by atoms with Crippen molar-refractivity contribution in [1.82, 2.24) is 0 Å². The zero-order valence-corrected chi connectivity index (χ0v) is 12.5. The van der Waals surface area contributed by atoms with Crippen LogP contribution in [0.3, 0.4) is 0 Å². The van der Waals surface area contributed by atoms with Crippen LogP contribution in [0.25, 0.3) is 11.1 Å². The summed E-state index contributed by atoms with van der Waals surface area (Å²) in [5, 5.41) is 0. The lowest BCUT2D eigenvalue weighted by molar-refractivity contribution is 0.400. The maximum atomic E-state index is 12.8. The lowest BCUT2D eigenvalue weighted by Gasteiger charge is -2.20. The van der Waals surface area contributed by atoms with E-state index in [1.165, 1.54) is 0 Å². The van der Waals surface area contributed by atoms with Crippen LogP contribution >= 0.6 is 0 Å². The van der Waals surface area contributed by atoms with Crippen LogP contribution in [0.1, 0.15) is 37.2 Å². The zero-order chi connectivity index (χ0) is 15.4. The highest BCUT2D eigenvalue weighted by Crippen LogP contribution is 2.39. The molecule has 3 rings (SSSR count). The molecule has 2 aromatic carbocycles. The number of benzene rings is 2. The smallest absolute Gasteiger partial charge is 0.174 e. The van der Waals surface area contributed by atoms with Gasteiger partial charge in [0, 0.05) is 5.92 Å². The summed E-state index contributed by atoms with van der Waals surface area (Å²) in [6.45, 7) is 0. The van der Waals surface area contributed by atoms with Gasteiger partial charge in [-0.05, 0) is 41.5 Å². The Bertz CT molecular complexity index is 619. The van der Waals surface area contributed by atoms with E-state index in [2.05, 4.69) is 12.1 Å². The third-order valence-corrected chi connectivity index (χ3v) is 4.62. The van der Waals surface area contributed by atoms with Crippen molar-refractivity contribution in [2.45, 2.75) is 31.6 Å². The highest BCUT2D eigenvalue weighted by atomic mass is 19.3. The van der Waals surface area contributed by atoms with Gasteiger partial charge in [-0.1, -0.05) is 67.4 Å². The first kappa shape index (κ1) is 15.0. The Balaban J connectivity index is 1.87. The van der Waals surface area contributed by atoms with E-state index in [9.17, 15) is 8.78 Å². The molecule has 1 fully saturated rings. The Kier molecular flexibility index (Phi) is 4.67. The van der Waals surface area contributed by atoms with Crippen LogP contribution in [0.15, 0.2) is 66.8 Å². The first-order chi connectivity index (χ1) is 10.7. The van der Waals surface area contributed by atoms with Crippen LogP contribution in [-0.2, 0) is 0 Å². The van der Waals surface area contributed by atoms with Gasteiger partial charge < -0.3 is 0 Å². The predicted octanol–water partition coefficient (Wildman–Crippen LogP) is 6.41. The molecule has 0 heterocycles. The molecule has 0 amide bonds. The second kappa shape index (κ2) is 6.87. The molecule has 0 nitrogen and oxygen atoms in total. The van der Waals surface area contributed by atoms with E-state index < -0.39 is 6.08 Å². The number of rotatable bonds is 4. The second-order valence-electron chi connectivity index (χ2n) is 6.01. The number of hydrogen-bond donors (Lipinski definition) is 0. The molecule has 0 unspecified atom stereocenters. The van der Waals surface area contributed by atoms with Crippen LogP contribution in [0.4, 0.5) is 8.78 Å². The van der Waals surface area contributed by atoms with E-state index in [4.69, 9.17) is 0 Å². The summed E-state index contributed by atoms with van der Waals surface area (Å²) in [4.78, 5) is 0. The molecule has 0 spiro atoms.